The van der Waals surface area contributed by atoms with Crippen LogP contribution in [0.1, 0.15) is 55.8 Å². The Labute approximate surface area is 148 Å². The Bertz CT molecular complexity index is 685. The SMILES string of the molecule is CCc1nn(C)cc1CN1CCO[C@@H](c2nc(C(C)(C)C)cs2)C1. The molecule has 24 heavy (non-hydrogen) atoms. The normalized spacial score (nSPS) is 19.8. The van der Waals surface area contributed by atoms with Crippen LogP contribution in [0.2, 0.25) is 0 Å². The second-order valence-electron chi connectivity index (χ2n) is 7.54. The second kappa shape index (κ2) is 6.94. The van der Waals surface area contributed by atoms with Crippen LogP contribution in [0.3, 0.4) is 0 Å². The van der Waals surface area contributed by atoms with Gasteiger partial charge in [0.15, 0.2) is 0 Å². The maximum absolute atomic E-state index is 6.01. The van der Waals surface area contributed by atoms with Crippen LogP contribution in [0.15, 0.2) is 11.6 Å². The summed E-state index contributed by atoms with van der Waals surface area (Å²) in [6, 6.07) is 0. The standard InChI is InChI=1S/C18H28N4OS/c1-6-14-13(9-21(5)20-14)10-22-7-8-23-15(11-22)17-19-16(12-24-17)18(2,3)4/h9,12,15H,6-8,10-11H2,1-5H3/t15-/m1/s1. The molecule has 1 aliphatic heterocycles. The molecule has 6 heteroatoms. The topological polar surface area (TPSA) is 43.2 Å². The van der Waals surface area contributed by atoms with Crippen molar-refractivity contribution >= 4 is 11.3 Å². The molecule has 0 N–H and O–H groups in total. The third-order valence-electron chi connectivity index (χ3n) is 4.44. The van der Waals surface area contributed by atoms with E-state index in [2.05, 4.69) is 49.3 Å². The lowest BCUT2D eigenvalue weighted by molar-refractivity contribution is -0.0331. The van der Waals surface area contributed by atoms with Crippen molar-refractivity contribution in [2.24, 2.45) is 7.05 Å². The fourth-order valence-electron chi connectivity index (χ4n) is 3.03. The third kappa shape index (κ3) is 3.87. The summed E-state index contributed by atoms with van der Waals surface area (Å²) in [5.74, 6) is 0. The summed E-state index contributed by atoms with van der Waals surface area (Å²) in [6.45, 7) is 12.3. The van der Waals surface area contributed by atoms with Gasteiger partial charge in [-0.2, -0.15) is 5.10 Å². The van der Waals surface area contributed by atoms with Gasteiger partial charge in [-0.25, -0.2) is 4.98 Å². The van der Waals surface area contributed by atoms with E-state index < -0.39 is 0 Å². The van der Waals surface area contributed by atoms with Crippen molar-refractivity contribution in [3.63, 3.8) is 0 Å². The first-order valence-electron chi connectivity index (χ1n) is 8.68. The fourth-order valence-corrected chi connectivity index (χ4v) is 4.11. The van der Waals surface area contributed by atoms with E-state index in [1.54, 1.807) is 11.3 Å². The molecule has 0 saturated carbocycles. The molecular weight excluding hydrogens is 320 g/mol. The number of ether oxygens (including phenoxy) is 1. The molecule has 2 aromatic heterocycles. The minimum atomic E-state index is 0.0848. The predicted molar refractivity (Wildman–Crippen MR) is 97.4 cm³/mol. The van der Waals surface area contributed by atoms with Gasteiger partial charge >= 0.3 is 0 Å². The number of aryl methyl sites for hydroxylation is 2. The zero-order valence-electron chi connectivity index (χ0n) is 15.4. The third-order valence-corrected chi connectivity index (χ3v) is 5.37. The highest BCUT2D eigenvalue weighted by Gasteiger charge is 2.27. The van der Waals surface area contributed by atoms with E-state index >= 15 is 0 Å². The summed E-state index contributed by atoms with van der Waals surface area (Å²) in [6.07, 6.45) is 3.21. The first-order chi connectivity index (χ1) is 11.4. The molecule has 3 heterocycles. The van der Waals surface area contributed by atoms with E-state index in [4.69, 9.17) is 9.72 Å². The highest BCUT2D eigenvalue weighted by molar-refractivity contribution is 7.09. The Morgan fingerprint density at radius 2 is 2.17 bits per heavy atom. The molecule has 0 amide bonds. The number of morpholine rings is 1. The molecular formula is C18H28N4OS. The van der Waals surface area contributed by atoms with Crippen molar-refractivity contribution in [2.75, 3.05) is 19.7 Å². The molecule has 5 nitrogen and oxygen atoms in total. The van der Waals surface area contributed by atoms with Crippen molar-refractivity contribution in [1.29, 1.82) is 0 Å². The minimum Gasteiger partial charge on any atom is -0.368 e. The zero-order chi connectivity index (χ0) is 17.3. The van der Waals surface area contributed by atoms with Crippen LogP contribution in [0.25, 0.3) is 0 Å². The van der Waals surface area contributed by atoms with E-state index in [1.807, 2.05) is 11.7 Å². The highest BCUT2D eigenvalue weighted by Crippen LogP contribution is 2.30. The predicted octanol–water partition coefficient (Wildman–Crippen LogP) is 3.31. The zero-order valence-corrected chi connectivity index (χ0v) is 16.2. The van der Waals surface area contributed by atoms with Gasteiger partial charge in [0.1, 0.15) is 11.1 Å². The van der Waals surface area contributed by atoms with E-state index in [0.29, 0.717) is 0 Å². The summed E-state index contributed by atoms with van der Waals surface area (Å²) in [7, 11) is 1.99. The molecule has 132 valence electrons. The van der Waals surface area contributed by atoms with Gasteiger partial charge in [0.2, 0.25) is 0 Å². The summed E-state index contributed by atoms with van der Waals surface area (Å²) in [5.41, 5.74) is 3.78. The Morgan fingerprint density at radius 3 is 2.83 bits per heavy atom. The average Bonchev–Trinajstić information content (AvgIpc) is 3.14. The van der Waals surface area contributed by atoms with Gasteiger partial charge in [-0.05, 0) is 6.42 Å². The molecule has 2 aromatic rings. The van der Waals surface area contributed by atoms with Gasteiger partial charge in [-0.1, -0.05) is 27.7 Å². The van der Waals surface area contributed by atoms with E-state index in [-0.39, 0.29) is 11.5 Å². The smallest absolute Gasteiger partial charge is 0.123 e. The number of rotatable bonds is 4. The van der Waals surface area contributed by atoms with Crippen LogP contribution < -0.4 is 0 Å². The van der Waals surface area contributed by atoms with Gasteiger partial charge in [-0.15, -0.1) is 11.3 Å². The van der Waals surface area contributed by atoms with Crippen molar-refractivity contribution in [3.8, 4) is 0 Å². The van der Waals surface area contributed by atoms with Crippen molar-refractivity contribution in [3.05, 3.63) is 33.5 Å². The molecule has 0 spiro atoms. The number of nitrogens with zero attached hydrogens (tertiary/aromatic N) is 4. The van der Waals surface area contributed by atoms with Gasteiger partial charge in [-0.3, -0.25) is 9.58 Å². The first kappa shape index (κ1) is 17.6. The van der Waals surface area contributed by atoms with Crippen LogP contribution in [0, 0.1) is 0 Å². The maximum Gasteiger partial charge on any atom is 0.123 e. The molecule has 0 aromatic carbocycles. The Hall–Kier alpha value is -1.24. The second-order valence-corrected chi connectivity index (χ2v) is 8.43. The van der Waals surface area contributed by atoms with Crippen LogP contribution in [-0.4, -0.2) is 39.4 Å². The quantitative estimate of drug-likeness (QED) is 0.850. The van der Waals surface area contributed by atoms with Crippen LogP contribution in [0.5, 0.6) is 0 Å². The van der Waals surface area contributed by atoms with E-state index in [0.717, 1.165) is 43.4 Å². The fraction of sp³-hybridized carbons (Fsp3) is 0.667. The average molecular weight is 349 g/mol. The lowest BCUT2D eigenvalue weighted by atomic mass is 9.93. The Kier molecular flexibility index (Phi) is 5.08. The van der Waals surface area contributed by atoms with Crippen LogP contribution in [-0.2, 0) is 30.2 Å². The molecule has 1 atom stereocenters. The Balaban J connectivity index is 1.69. The van der Waals surface area contributed by atoms with Crippen LogP contribution >= 0.6 is 11.3 Å². The molecule has 1 fully saturated rings. The lowest BCUT2D eigenvalue weighted by Crippen LogP contribution is -2.38. The number of aromatic nitrogens is 3. The number of hydrogen-bond donors (Lipinski definition) is 0. The monoisotopic (exact) mass is 348 g/mol. The lowest BCUT2D eigenvalue weighted by Gasteiger charge is -2.31. The molecule has 0 radical (unpaired) electrons. The van der Waals surface area contributed by atoms with E-state index in [1.165, 1.54) is 11.3 Å². The molecule has 3 rings (SSSR count). The van der Waals surface area contributed by atoms with Crippen LogP contribution in [0.4, 0.5) is 0 Å². The van der Waals surface area contributed by atoms with Gasteiger partial charge in [0.05, 0.1) is 18.0 Å². The van der Waals surface area contributed by atoms with Crippen molar-refractivity contribution in [2.45, 2.75) is 52.2 Å². The molecule has 1 aliphatic rings. The van der Waals surface area contributed by atoms with Crippen molar-refractivity contribution in [1.82, 2.24) is 19.7 Å². The van der Waals surface area contributed by atoms with Gasteiger partial charge in [0, 0.05) is 49.2 Å². The summed E-state index contributed by atoms with van der Waals surface area (Å²) < 4.78 is 7.92. The maximum atomic E-state index is 6.01. The summed E-state index contributed by atoms with van der Waals surface area (Å²) in [4.78, 5) is 7.30. The van der Waals surface area contributed by atoms with Gasteiger partial charge < -0.3 is 4.74 Å². The first-order valence-corrected chi connectivity index (χ1v) is 9.56. The molecule has 0 bridgehead atoms. The van der Waals surface area contributed by atoms with Crippen molar-refractivity contribution < 1.29 is 4.74 Å². The number of hydrogen-bond acceptors (Lipinski definition) is 5. The summed E-state index contributed by atoms with van der Waals surface area (Å²) >= 11 is 1.72. The summed E-state index contributed by atoms with van der Waals surface area (Å²) in [5, 5.41) is 7.83. The Morgan fingerprint density at radius 1 is 1.38 bits per heavy atom. The van der Waals surface area contributed by atoms with E-state index in [9.17, 15) is 0 Å². The molecule has 0 aliphatic carbocycles. The minimum absolute atomic E-state index is 0.0848. The molecule has 1 saturated heterocycles. The van der Waals surface area contributed by atoms with Gasteiger partial charge in [0.25, 0.3) is 0 Å². The molecule has 0 unspecified atom stereocenters. The number of thiazole rings is 1. The largest absolute Gasteiger partial charge is 0.368 e. The highest BCUT2D eigenvalue weighted by atomic mass is 32.1.